The van der Waals surface area contributed by atoms with Crippen molar-refractivity contribution >= 4 is 17.2 Å². The quantitative estimate of drug-likeness (QED) is 0.925. The van der Waals surface area contributed by atoms with Gasteiger partial charge in [-0.25, -0.2) is 0 Å². The fraction of sp³-hybridized carbons (Fsp3) is 0.385. The number of nitrogens with one attached hydrogen (secondary N) is 1. The number of H-pyrrole nitrogens is 1. The van der Waals surface area contributed by atoms with Crippen molar-refractivity contribution in [3.8, 4) is 0 Å². The molecule has 0 radical (unpaired) electrons. The first-order valence-corrected chi connectivity index (χ1v) is 6.68. The average molecular weight is 263 g/mol. The van der Waals surface area contributed by atoms with Crippen LogP contribution in [0.2, 0.25) is 0 Å². The molecule has 1 amide bonds. The molecule has 0 aliphatic rings. The number of aryl methyl sites for hydroxylation is 3. The Hall–Kier alpha value is -1.62. The molecule has 0 atom stereocenters. The lowest BCUT2D eigenvalue weighted by atomic mass is 10.1. The molecule has 1 N–H and O–H groups in total. The van der Waals surface area contributed by atoms with E-state index in [1.807, 2.05) is 20.9 Å². The Morgan fingerprint density at radius 1 is 1.44 bits per heavy atom. The number of carbonyl (C=O) groups is 1. The highest BCUT2D eigenvalue weighted by Gasteiger charge is 2.19. The minimum absolute atomic E-state index is 0.0200. The number of hydrogen-bond donors (Lipinski definition) is 1. The molecular weight excluding hydrogens is 246 g/mol. The zero-order chi connectivity index (χ0) is 13.3. The fourth-order valence-corrected chi connectivity index (χ4v) is 2.87. The van der Waals surface area contributed by atoms with Crippen molar-refractivity contribution in [2.24, 2.45) is 0 Å². The number of nitrogens with zero attached hydrogens (tertiary/aromatic N) is 2. The lowest BCUT2D eigenvalue weighted by Gasteiger charge is -2.17. The van der Waals surface area contributed by atoms with E-state index in [4.69, 9.17) is 0 Å². The van der Waals surface area contributed by atoms with E-state index in [0.29, 0.717) is 12.1 Å². The van der Waals surface area contributed by atoms with Gasteiger partial charge in [-0.3, -0.25) is 9.89 Å². The molecule has 0 bridgehead atoms. The minimum atomic E-state index is 0.0200. The lowest BCUT2D eigenvalue weighted by Crippen LogP contribution is -2.27. The second-order valence-electron chi connectivity index (χ2n) is 4.50. The summed E-state index contributed by atoms with van der Waals surface area (Å²) in [4.78, 5) is 15.3. The highest BCUT2D eigenvalue weighted by molar-refractivity contribution is 7.10. The molecular formula is C13H17N3OS. The number of rotatable bonds is 3. The van der Waals surface area contributed by atoms with Crippen LogP contribution in [0.4, 0.5) is 0 Å². The molecule has 0 saturated carbocycles. The monoisotopic (exact) mass is 263 g/mol. The van der Waals surface area contributed by atoms with Gasteiger partial charge in [0.15, 0.2) is 0 Å². The van der Waals surface area contributed by atoms with Gasteiger partial charge in [0.05, 0.1) is 17.8 Å². The fourth-order valence-electron chi connectivity index (χ4n) is 1.91. The summed E-state index contributed by atoms with van der Waals surface area (Å²) < 4.78 is 0. The maximum atomic E-state index is 12.4. The standard InChI is InChI=1S/C13H17N3OS/c1-8-5-6-18-11(8)7-16(4)13(17)12-9(2)14-15-10(12)3/h5-6H,7H2,1-4H3,(H,14,15). The molecule has 2 aromatic heterocycles. The smallest absolute Gasteiger partial charge is 0.257 e. The van der Waals surface area contributed by atoms with Crippen LogP contribution in [0.25, 0.3) is 0 Å². The predicted octanol–water partition coefficient (Wildman–Crippen LogP) is 2.67. The third kappa shape index (κ3) is 2.31. The van der Waals surface area contributed by atoms with Gasteiger partial charge in [0.2, 0.25) is 0 Å². The lowest BCUT2D eigenvalue weighted by molar-refractivity contribution is 0.0785. The van der Waals surface area contributed by atoms with E-state index >= 15 is 0 Å². The molecule has 2 rings (SSSR count). The second-order valence-corrected chi connectivity index (χ2v) is 5.50. The van der Waals surface area contributed by atoms with E-state index in [9.17, 15) is 4.79 Å². The van der Waals surface area contributed by atoms with Crippen LogP contribution in [0.3, 0.4) is 0 Å². The van der Waals surface area contributed by atoms with E-state index in [0.717, 1.165) is 11.4 Å². The average Bonchev–Trinajstić information content (AvgIpc) is 2.86. The summed E-state index contributed by atoms with van der Waals surface area (Å²) in [6, 6.07) is 2.08. The number of aromatic nitrogens is 2. The number of carbonyl (C=O) groups excluding carboxylic acids is 1. The largest absolute Gasteiger partial charge is 0.336 e. The first kappa shape index (κ1) is 12.8. The molecule has 0 aromatic carbocycles. The molecule has 2 heterocycles. The summed E-state index contributed by atoms with van der Waals surface area (Å²) in [7, 11) is 1.83. The summed E-state index contributed by atoms with van der Waals surface area (Å²) in [5, 5.41) is 8.97. The SMILES string of the molecule is Cc1ccsc1CN(C)C(=O)c1c(C)n[nH]c1C. The third-order valence-electron chi connectivity index (χ3n) is 3.04. The molecule has 0 spiro atoms. The Labute approximate surface area is 111 Å². The van der Waals surface area contributed by atoms with Crippen LogP contribution in [-0.2, 0) is 6.54 Å². The van der Waals surface area contributed by atoms with Crippen LogP contribution in [-0.4, -0.2) is 28.1 Å². The van der Waals surface area contributed by atoms with Gasteiger partial charge in [0, 0.05) is 17.6 Å². The Morgan fingerprint density at radius 2 is 2.17 bits per heavy atom. The number of hydrogen-bond acceptors (Lipinski definition) is 3. The normalized spacial score (nSPS) is 10.7. The third-order valence-corrected chi connectivity index (χ3v) is 4.05. The summed E-state index contributed by atoms with van der Waals surface area (Å²) in [5.41, 5.74) is 3.51. The van der Waals surface area contributed by atoms with Crippen molar-refractivity contribution in [2.45, 2.75) is 27.3 Å². The van der Waals surface area contributed by atoms with Crippen molar-refractivity contribution in [2.75, 3.05) is 7.05 Å². The van der Waals surface area contributed by atoms with Crippen molar-refractivity contribution in [3.63, 3.8) is 0 Å². The van der Waals surface area contributed by atoms with Gasteiger partial charge in [0.1, 0.15) is 0 Å². The highest BCUT2D eigenvalue weighted by Crippen LogP contribution is 2.19. The number of amides is 1. The Bertz CT molecular complexity index is 551. The van der Waals surface area contributed by atoms with Crippen molar-refractivity contribution in [1.82, 2.24) is 15.1 Å². The Balaban J connectivity index is 2.17. The number of aromatic amines is 1. The van der Waals surface area contributed by atoms with Crippen LogP contribution in [0.5, 0.6) is 0 Å². The van der Waals surface area contributed by atoms with Crippen molar-refractivity contribution in [3.05, 3.63) is 38.8 Å². The first-order valence-electron chi connectivity index (χ1n) is 5.80. The van der Waals surface area contributed by atoms with Crippen LogP contribution < -0.4 is 0 Å². The van der Waals surface area contributed by atoms with E-state index in [1.54, 1.807) is 16.2 Å². The summed E-state index contributed by atoms with van der Waals surface area (Å²) in [5.74, 6) is 0.0200. The molecule has 5 heteroatoms. The van der Waals surface area contributed by atoms with Crippen molar-refractivity contribution < 1.29 is 4.79 Å². The van der Waals surface area contributed by atoms with Gasteiger partial charge in [-0.15, -0.1) is 11.3 Å². The molecule has 2 aromatic rings. The van der Waals surface area contributed by atoms with Gasteiger partial charge in [-0.05, 0) is 37.8 Å². The Morgan fingerprint density at radius 3 is 2.67 bits per heavy atom. The maximum absolute atomic E-state index is 12.4. The second kappa shape index (κ2) is 4.94. The molecule has 0 aliphatic heterocycles. The summed E-state index contributed by atoms with van der Waals surface area (Å²) in [6.45, 7) is 6.43. The van der Waals surface area contributed by atoms with Crippen LogP contribution in [0.1, 0.15) is 32.2 Å². The van der Waals surface area contributed by atoms with Gasteiger partial charge in [-0.1, -0.05) is 0 Å². The minimum Gasteiger partial charge on any atom is -0.336 e. The van der Waals surface area contributed by atoms with Crippen LogP contribution in [0, 0.1) is 20.8 Å². The zero-order valence-corrected chi connectivity index (χ0v) is 11.9. The first-order chi connectivity index (χ1) is 8.50. The number of thiophene rings is 1. The van der Waals surface area contributed by atoms with Gasteiger partial charge in [0.25, 0.3) is 5.91 Å². The molecule has 0 unspecified atom stereocenters. The van der Waals surface area contributed by atoms with Gasteiger partial charge in [-0.2, -0.15) is 5.10 Å². The highest BCUT2D eigenvalue weighted by atomic mass is 32.1. The molecule has 0 aliphatic carbocycles. The van der Waals surface area contributed by atoms with Crippen molar-refractivity contribution in [1.29, 1.82) is 0 Å². The molecule has 96 valence electrons. The van der Waals surface area contributed by atoms with E-state index in [-0.39, 0.29) is 5.91 Å². The topological polar surface area (TPSA) is 49.0 Å². The molecule has 0 fully saturated rings. The van der Waals surface area contributed by atoms with E-state index in [1.165, 1.54) is 10.4 Å². The zero-order valence-electron chi connectivity index (χ0n) is 11.1. The van der Waals surface area contributed by atoms with Gasteiger partial charge >= 0.3 is 0 Å². The Kier molecular flexibility index (Phi) is 3.52. The molecule has 18 heavy (non-hydrogen) atoms. The molecule has 0 saturated heterocycles. The molecule has 4 nitrogen and oxygen atoms in total. The van der Waals surface area contributed by atoms with Gasteiger partial charge < -0.3 is 4.90 Å². The van der Waals surface area contributed by atoms with E-state index in [2.05, 4.69) is 28.6 Å². The maximum Gasteiger partial charge on any atom is 0.257 e. The summed E-state index contributed by atoms with van der Waals surface area (Å²) >= 11 is 1.68. The van der Waals surface area contributed by atoms with Crippen LogP contribution >= 0.6 is 11.3 Å². The predicted molar refractivity (Wildman–Crippen MR) is 72.9 cm³/mol. The van der Waals surface area contributed by atoms with E-state index < -0.39 is 0 Å². The summed E-state index contributed by atoms with van der Waals surface area (Å²) in [6.07, 6.45) is 0. The van der Waals surface area contributed by atoms with Crippen LogP contribution in [0.15, 0.2) is 11.4 Å².